The van der Waals surface area contributed by atoms with E-state index in [4.69, 9.17) is 4.74 Å². The Morgan fingerprint density at radius 2 is 2.32 bits per heavy atom. The first kappa shape index (κ1) is 13.1. The van der Waals surface area contributed by atoms with Crippen molar-refractivity contribution in [2.75, 3.05) is 27.2 Å². The van der Waals surface area contributed by atoms with Gasteiger partial charge in [-0.1, -0.05) is 6.07 Å². The van der Waals surface area contributed by atoms with Crippen molar-refractivity contribution in [2.24, 2.45) is 5.92 Å². The van der Waals surface area contributed by atoms with Gasteiger partial charge in [-0.25, -0.2) is 0 Å². The second-order valence-corrected chi connectivity index (χ2v) is 6.37. The number of nitrogens with zero attached hydrogens (tertiary/aromatic N) is 2. The van der Waals surface area contributed by atoms with Crippen LogP contribution in [0.25, 0.3) is 0 Å². The lowest BCUT2D eigenvalue weighted by molar-refractivity contribution is 0.115. The Morgan fingerprint density at radius 3 is 2.95 bits per heavy atom. The molecule has 1 aromatic heterocycles. The number of hydrogen-bond donors (Lipinski definition) is 0. The largest absolute Gasteiger partial charge is 0.375 e. The first-order valence-electron chi connectivity index (χ1n) is 7.25. The van der Waals surface area contributed by atoms with E-state index in [1.165, 1.54) is 37.1 Å². The fourth-order valence-electron chi connectivity index (χ4n) is 3.68. The standard InChI is InChI=1S/C16H24N2O/c1-11-7-13(9-17-15(11)12(2)19-4)16-5-6-18(3)10-14(16)8-16/h7,9,12,14H,5-6,8,10H2,1-4H3/t12-,14-,16-/m0/s1. The maximum atomic E-state index is 5.38. The molecule has 0 amide bonds. The molecule has 19 heavy (non-hydrogen) atoms. The van der Waals surface area contributed by atoms with Crippen LogP contribution in [0.2, 0.25) is 0 Å². The van der Waals surface area contributed by atoms with E-state index in [2.05, 4.69) is 43.0 Å². The van der Waals surface area contributed by atoms with Gasteiger partial charge in [0.25, 0.3) is 0 Å². The van der Waals surface area contributed by atoms with Crippen LogP contribution in [0, 0.1) is 12.8 Å². The molecule has 3 atom stereocenters. The van der Waals surface area contributed by atoms with E-state index < -0.39 is 0 Å². The van der Waals surface area contributed by atoms with Crippen molar-refractivity contribution in [3.63, 3.8) is 0 Å². The van der Waals surface area contributed by atoms with Gasteiger partial charge in [-0.2, -0.15) is 0 Å². The summed E-state index contributed by atoms with van der Waals surface area (Å²) < 4.78 is 5.38. The predicted octanol–water partition coefficient (Wildman–Crippen LogP) is 2.69. The fraction of sp³-hybridized carbons (Fsp3) is 0.688. The van der Waals surface area contributed by atoms with Crippen molar-refractivity contribution < 1.29 is 4.74 Å². The lowest BCUT2D eigenvalue weighted by Gasteiger charge is -2.29. The Balaban J connectivity index is 1.86. The van der Waals surface area contributed by atoms with Crippen molar-refractivity contribution in [1.29, 1.82) is 0 Å². The molecule has 3 rings (SSSR count). The van der Waals surface area contributed by atoms with Crippen molar-refractivity contribution in [3.8, 4) is 0 Å². The maximum absolute atomic E-state index is 5.38. The summed E-state index contributed by atoms with van der Waals surface area (Å²) in [7, 11) is 3.97. The first-order chi connectivity index (χ1) is 9.06. The summed E-state index contributed by atoms with van der Waals surface area (Å²) in [4.78, 5) is 7.13. The quantitative estimate of drug-likeness (QED) is 0.835. The van der Waals surface area contributed by atoms with Gasteiger partial charge >= 0.3 is 0 Å². The predicted molar refractivity (Wildman–Crippen MR) is 76.3 cm³/mol. The summed E-state index contributed by atoms with van der Waals surface area (Å²) in [6, 6.07) is 2.35. The van der Waals surface area contributed by atoms with E-state index in [1.54, 1.807) is 7.11 Å². The van der Waals surface area contributed by atoms with Crippen LogP contribution in [0.1, 0.15) is 42.7 Å². The van der Waals surface area contributed by atoms with Crippen molar-refractivity contribution in [2.45, 2.75) is 38.2 Å². The summed E-state index contributed by atoms with van der Waals surface area (Å²) in [5.41, 5.74) is 4.24. The van der Waals surface area contributed by atoms with E-state index in [1.807, 2.05) is 0 Å². The summed E-state index contributed by atoms with van der Waals surface area (Å²) >= 11 is 0. The van der Waals surface area contributed by atoms with Gasteiger partial charge < -0.3 is 9.64 Å². The molecule has 3 nitrogen and oxygen atoms in total. The first-order valence-corrected chi connectivity index (χ1v) is 7.25. The third-order valence-corrected chi connectivity index (χ3v) is 5.14. The van der Waals surface area contributed by atoms with E-state index in [-0.39, 0.29) is 6.10 Å². The second-order valence-electron chi connectivity index (χ2n) is 6.37. The topological polar surface area (TPSA) is 25.4 Å². The number of likely N-dealkylation sites (tertiary alicyclic amines) is 1. The van der Waals surface area contributed by atoms with Gasteiger partial charge in [-0.15, -0.1) is 0 Å². The van der Waals surface area contributed by atoms with Crippen LogP contribution in [-0.2, 0) is 10.2 Å². The number of aryl methyl sites for hydroxylation is 1. The molecule has 1 aliphatic heterocycles. The van der Waals surface area contributed by atoms with Crippen LogP contribution in [-0.4, -0.2) is 37.1 Å². The summed E-state index contributed by atoms with van der Waals surface area (Å²) in [6.07, 6.45) is 4.81. The minimum atomic E-state index is 0.0824. The monoisotopic (exact) mass is 260 g/mol. The lowest BCUT2D eigenvalue weighted by Crippen LogP contribution is -2.33. The van der Waals surface area contributed by atoms with Gasteiger partial charge in [-0.05, 0) is 57.3 Å². The Morgan fingerprint density at radius 1 is 1.53 bits per heavy atom. The Labute approximate surface area is 116 Å². The molecule has 2 aliphatic rings. The molecule has 2 heterocycles. The molecule has 104 valence electrons. The van der Waals surface area contributed by atoms with Crippen LogP contribution < -0.4 is 0 Å². The molecule has 0 spiro atoms. The highest BCUT2D eigenvalue weighted by Gasteiger charge is 2.57. The highest BCUT2D eigenvalue weighted by Crippen LogP contribution is 2.59. The number of methoxy groups -OCH3 is 1. The molecular weight excluding hydrogens is 236 g/mol. The third-order valence-electron chi connectivity index (χ3n) is 5.14. The normalized spacial score (nSPS) is 31.9. The highest BCUT2D eigenvalue weighted by molar-refractivity contribution is 5.37. The number of pyridine rings is 1. The van der Waals surface area contributed by atoms with Gasteiger partial charge in [0.15, 0.2) is 0 Å². The van der Waals surface area contributed by atoms with Crippen LogP contribution in [0.5, 0.6) is 0 Å². The van der Waals surface area contributed by atoms with Gasteiger partial charge in [0, 0.05) is 25.3 Å². The van der Waals surface area contributed by atoms with Crippen molar-refractivity contribution in [1.82, 2.24) is 9.88 Å². The fourth-order valence-corrected chi connectivity index (χ4v) is 3.68. The molecule has 1 aliphatic carbocycles. The molecule has 1 saturated heterocycles. The van der Waals surface area contributed by atoms with E-state index >= 15 is 0 Å². The lowest BCUT2D eigenvalue weighted by atomic mass is 9.87. The molecular formula is C16H24N2O. The van der Waals surface area contributed by atoms with Gasteiger partial charge in [0.1, 0.15) is 0 Å². The second kappa shape index (κ2) is 4.57. The van der Waals surface area contributed by atoms with Gasteiger partial charge in [0.05, 0.1) is 11.8 Å². The van der Waals surface area contributed by atoms with E-state index in [0.717, 1.165) is 11.6 Å². The molecule has 0 N–H and O–H groups in total. The third kappa shape index (κ3) is 2.09. The Kier molecular flexibility index (Phi) is 3.14. The summed E-state index contributed by atoms with van der Waals surface area (Å²) in [5, 5.41) is 0. The number of fused-ring (bicyclic) bond motifs is 1. The molecule has 1 aromatic rings. The zero-order valence-corrected chi connectivity index (χ0v) is 12.4. The van der Waals surface area contributed by atoms with Gasteiger partial charge in [-0.3, -0.25) is 4.98 Å². The molecule has 1 saturated carbocycles. The maximum Gasteiger partial charge on any atom is 0.0965 e. The molecule has 2 fully saturated rings. The minimum absolute atomic E-state index is 0.0824. The summed E-state index contributed by atoms with van der Waals surface area (Å²) in [5.74, 6) is 0.846. The molecule has 0 unspecified atom stereocenters. The number of rotatable bonds is 3. The Bertz CT molecular complexity index is 488. The number of hydrogen-bond acceptors (Lipinski definition) is 3. The Hall–Kier alpha value is -0.930. The number of ether oxygens (including phenoxy) is 1. The highest BCUT2D eigenvalue weighted by atomic mass is 16.5. The van der Waals surface area contributed by atoms with Crippen molar-refractivity contribution >= 4 is 0 Å². The summed E-state index contributed by atoms with van der Waals surface area (Å²) in [6.45, 7) is 6.67. The van der Waals surface area contributed by atoms with Gasteiger partial charge in [0.2, 0.25) is 0 Å². The molecule has 0 aromatic carbocycles. The molecule has 0 radical (unpaired) electrons. The average Bonchev–Trinajstić information content (AvgIpc) is 3.12. The SMILES string of the molecule is CO[C@@H](C)c1ncc([C@@]23CCN(C)C[C@@H]2C3)cc1C. The molecule has 0 bridgehead atoms. The zero-order valence-electron chi connectivity index (χ0n) is 12.4. The minimum Gasteiger partial charge on any atom is -0.375 e. The molecule has 3 heteroatoms. The van der Waals surface area contributed by atoms with Crippen LogP contribution >= 0.6 is 0 Å². The van der Waals surface area contributed by atoms with E-state index in [9.17, 15) is 0 Å². The van der Waals surface area contributed by atoms with E-state index in [0.29, 0.717) is 5.41 Å². The van der Waals surface area contributed by atoms with Crippen LogP contribution in [0.4, 0.5) is 0 Å². The average molecular weight is 260 g/mol. The van der Waals surface area contributed by atoms with Crippen molar-refractivity contribution in [3.05, 3.63) is 29.1 Å². The zero-order chi connectivity index (χ0) is 13.6. The van der Waals surface area contributed by atoms with Crippen LogP contribution in [0.15, 0.2) is 12.3 Å². The number of piperidine rings is 1. The van der Waals surface area contributed by atoms with Crippen LogP contribution in [0.3, 0.4) is 0 Å². The number of aromatic nitrogens is 1. The smallest absolute Gasteiger partial charge is 0.0965 e.